The quantitative estimate of drug-likeness (QED) is 0.562. The third kappa shape index (κ3) is 2.71. The van der Waals surface area contributed by atoms with Gasteiger partial charge in [-0.2, -0.15) is 15.0 Å². The van der Waals surface area contributed by atoms with Crippen molar-refractivity contribution in [3.05, 3.63) is 11.4 Å². The van der Waals surface area contributed by atoms with Crippen molar-refractivity contribution in [2.75, 3.05) is 0 Å². The van der Waals surface area contributed by atoms with E-state index in [1.165, 1.54) is 12.8 Å². The zero-order chi connectivity index (χ0) is 11.5. The lowest BCUT2D eigenvalue weighted by atomic mass is 10.3. The van der Waals surface area contributed by atoms with E-state index in [0.29, 0.717) is 18.5 Å². The molecule has 0 saturated heterocycles. The number of nitrogens with two attached hydrogens (primary N) is 1. The summed E-state index contributed by atoms with van der Waals surface area (Å²) in [6, 6.07) is 0.538. The maximum absolute atomic E-state index is 5.74. The first-order chi connectivity index (χ1) is 7.69. The molecular weight excluding hydrogens is 204 g/mol. The van der Waals surface area contributed by atoms with Gasteiger partial charge in [-0.15, -0.1) is 0 Å². The van der Waals surface area contributed by atoms with Crippen LogP contribution in [0.4, 0.5) is 0 Å². The molecule has 1 aromatic rings. The molecule has 6 nitrogen and oxygen atoms in total. The highest BCUT2D eigenvalue weighted by Crippen LogP contribution is 2.18. The molecule has 0 aromatic carbocycles. The van der Waals surface area contributed by atoms with Gasteiger partial charge in [-0.25, -0.2) is 4.99 Å². The van der Waals surface area contributed by atoms with Gasteiger partial charge in [0.05, 0.1) is 18.8 Å². The Labute approximate surface area is 94.9 Å². The summed E-state index contributed by atoms with van der Waals surface area (Å²) in [5, 5.41) is 11.7. The Hall–Kier alpha value is -1.59. The third-order valence-electron chi connectivity index (χ3n) is 2.53. The molecular formula is C10H18N6. The van der Waals surface area contributed by atoms with Crippen molar-refractivity contribution < 1.29 is 0 Å². The molecule has 1 aromatic heterocycles. The molecule has 0 unspecified atom stereocenters. The van der Waals surface area contributed by atoms with Crippen molar-refractivity contribution >= 4 is 5.96 Å². The Morgan fingerprint density at radius 2 is 2.31 bits per heavy atom. The van der Waals surface area contributed by atoms with Crippen LogP contribution in [0.3, 0.4) is 0 Å². The maximum Gasteiger partial charge on any atom is 0.189 e. The van der Waals surface area contributed by atoms with Gasteiger partial charge in [-0.05, 0) is 26.7 Å². The second-order valence-corrected chi connectivity index (χ2v) is 4.04. The predicted octanol–water partition coefficient (Wildman–Crippen LogP) is 0.173. The minimum absolute atomic E-state index is 0.497. The van der Waals surface area contributed by atoms with E-state index < -0.39 is 0 Å². The highest BCUT2D eigenvalue weighted by atomic mass is 15.5. The Kier molecular flexibility index (Phi) is 3.07. The van der Waals surface area contributed by atoms with Gasteiger partial charge in [-0.1, -0.05) is 0 Å². The molecule has 0 spiro atoms. The predicted molar refractivity (Wildman–Crippen MR) is 61.9 cm³/mol. The average Bonchev–Trinajstić information content (AvgIpc) is 2.98. The van der Waals surface area contributed by atoms with Crippen LogP contribution in [0.25, 0.3) is 0 Å². The van der Waals surface area contributed by atoms with Crippen LogP contribution in [-0.4, -0.2) is 27.0 Å². The standard InChI is InChI=1S/C10H18N6/c1-3-16-14-7(2)9(15-16)6-12-10(11)13-8-4-5-8/h8H,3-6H2,1-2H3,(H3,11,12,13). The monoisotopic (exact) mass is 222 g/mol. The smallest absolute Gasteiger partial charge is 0.189 e. The van der Waals surface area contributed by atoms with Crippen LogP contribution in [0.5, 0.6) is 0 Å². The van der Waals surface area contributed by atoms with E-state index in [9.17, 15) is 0 Å². The van der Waals surface area contributed by atoms with E-state index in [0.717, 1.165) is 17.9 Å². The van der Waals surface area contributed by atoms with Gasteiger partial charge in [0.25, 0.3) is 0 Å². The first-order valence-corrected chi connectivity index (χ1v) is 5.66. The minimum Gasteiger partial charge on any atom is -0.370 e. The van der Waals surface area contributed by atoms with Gasteiger partial charge in [0, 0.05) is 6.04 Å². The maximum atomic E-state index is 5.74. The van der Waals surface area contributed by atoms with Crippen molar-refractivity contribution in [3.63, 3.8) is 0 Å². The molecule has 0 radical (unpaired) electrons. The lowest BCUT2D eigenvalue weighted by molar-refractivity contribution is 0.561. The van der Waals surface area contributed by atoms with E-state index in [1.54, 1.807) is 4.80 Å². The van der Waals surface area contributed by atoms with Crippen LogP contribution in [0.2, 0.25) is 0 Å². The fourth-order valence-corrected chi connectivity index (χ4v) is 1.39. The number of hydrogen-bond acceptors (Lipinski definition) is 3. The number of rotatable bonds is 4. The molecule has 6 heteroatoms. The minimum atomic E-state index is 0.497. The SMILES string of the molecule is CCn1nc(C)c(CN=C(N)NC2CC2)n1. The molecule has 16 heavy (non-hydrogen) atoms. The lowest BCUT2D eigenvalue weighted by Crippen LogP contribution is -2.33. The number of hydrogen-bond donors (Lipinski definition) is 2. The van der Waals surface area contributed by atoms with E-state index in [4.69, 9.17) is 5.73 Å². The second kappa shape index (κ2) is 4.51. The topological polar surface area (TPSA) is 81.1 Å². The number of aromatic nitrogens is 3. The molecule has 3 N–H and O–H groups in total. The number of nitrogens with one attached hydrogen (secondary N) is 1. The van der Waals surface area contributed by atoms with E-state index in [2.05, 4.69) is 20.5 Å². The molecule has 2 rings (SSSR count). The van der Waals surface area contributed by atoms with Crippen LogP contribution >= 0.6 is 0 Å². The summed E-state index contributed by atoms with van der Waals surface area (Å²) in [5.41, 5.74) is 7.55. The number of nitrogens with zero attached hydrogens (tertiary/aromatic N) is 4. The van der Waals surface area contributed by atoms with Gasteiger partial charge in [0.1, 0.15) is 5.69 Å². The highest BCUT2D eigenvalue weighted by molar-refractivity contribution is 5.78. The van der Waals surface area contributed by atoms with Gasteiger partial charge >= 0.3 is 0 Å². The molecule has 1 heterocycles. The molecule has 0 aliphatic heterocycles. The second-order valence-electron chi connectivity index (χ2n) is 4.04. The first-order valence-electron chi connectivity index (χ1n) is 5.66. The van der Waals surface area contributed by atoms with Crippen molar-refractivity contribution in [1.82, 2.24) is 20.3 Å². The number of aryl methyl sites for hydroxylation is 2. The zero-order valence-electron chi connectivity index (χ0n) is 9.77. The normalized spacial score (nSPS) is 16.5. The highest BCUT2D eigenvalue weighted by Gasteiger charge is 2.21. The molecule has 1 aliphatic rings. The van der Waals surface area contributed by atoms with Crippen LogP contribution < -0.4 is 11.1 Å². The average molecular weight is 222 g/mol. The summed E-state index contributed by atoms with van der Waals surface area (Å²) in [6.07, 6.45) is 2.39. The molecule has 0 bridgehead atoms. The first kappa shape index (κ1) is 10.9. The van der Waals surface area contributed by atoms with Crippen LogP contribution in [0.15, 0.2) is 4.99 Å². The van der Waals surface area contributed by atoms with E-state index in [1.807, 2.05) is 13.8 Å². The molecule has 0 atom stereocenters. The van der Waals surface area contributed by atoms with Crippen molar-refractivity contribution in [2.24, 2.45) is 10.7 Å². The fraction of sp³-hybridized carbons (Fsp3) is 0.700. The van der Waals surface area contributed by atoms with Gasteiger partial charge in [-0.3, -0.25) is 0 Å². The summed E-state index contributed by atoms with van der Waals surface area (Å²) >= 11 is 0. The van der Waals surface area contributed by atoms with Gasteiger partial charge < -0.3 is 11.1 Å². The van der Waals surface area contributed by atoms with Crippen LogP contribution in [0.1, 0.15) is 31.2 Å². The summed E-state index contributed by atoms with van der Waals surface area (Å²) in [5.74, 6) is 0.507. The molecule has 1 aliphatic carbocycles. The zero-order valence-corrected chi connectivity index (χ0v) is 9.77. The van der Waals surface area contributed by atoms with E-state index in [-0.39, 0.29) is 0 Å². The van der Waals surface area contributed by atoms with Crippen molar-refractivity contribution in [1.29, 1.82) is 0 Å². The Morgan fingerprint density at radius 1 is 1.56 bits per heavy atom. The molecule has 1 saturated carbocycles. The fourth-order valence-electron chi connectivity index (χ4n) is 1.39. The van der Waals surface area contributed by atoms with Gasteiger partial charge in [0.15, 0.2) is 5.96 Å². The van der Waals surface area contributed by atoms with Crippen molar-refractivity contribution in [3.8, 4) is 0 Å². The Morgan fingerprint density at radius 3 is 2.88 bits per heavy atom. The summed E-state index contributed by atoms with van der Waals surface area (Å²) in [7, 11) is 0. The van der Waals surface area contributed by atoms with Gasteiger partial charge in [0.2, 0.25) is 0 Å². The summed E-state index contributed by atoms with van der Waals surface area (Å²) in [6.45, 7) is 5.22. The van der Waals surface area contributed by atoms with Crippen LogP contribution in [-0.2, 0) is 13.1 Å². The number of aliphatic imine (C=N–C) groups is 1. The van der Waals surface area contributed by atoms with Crippen LogP contribution in [0, 0.1) is 6.92 Å². The number of guanidine groups is 1. The molecule has 88 valence electrons. The third-order valence-corrected chi connectivity index (χ3v) is 2.53. The summed E-state index contributed by atoms with van der Waals surface area (Å²) < 4.78 is 0. The Balaban J connectivity index is 1.94. The molecule has 0 amide bonds. The lowest BCUT2D eigenvalue weighted by Gasteiger charge is -2.01. The van der Waals surface area contributed by atoms with E-state index >= 15 is 0 Å². The largest absolute Gasteiger partial charge is 0.370 e. The Bertz CT molecular complexity index is 390. The molecule has 1 fully saturated rings. The van der Waals surface area contributed by atoms with Crippen molar-refractivity contribution in [2.45, 2.75) is 45.8 Å². The summed E-state index contributed by atoms with van der Waals surface area (Å²) in [4.78, 5) is 5.92.